The van der Waals surface area contributed by atoms with E-state index in [1.807, 2.05) is 6.08 Å². The molecule has 2 aliphatic rings. The molecule has 60 valence electrons. The van der Waals surface area contributed by atoms with E-state index in [9.17, 15) is 4.79 Å². The van der Waals surface area contributed by atoms with Gasteiger partial charge in [0.25, 0.3) is 0 Å². The van der Waals surface area contributed by atoms with Crippen LogP contribution in [0.4, 0.5) is 0 Å². The molecule has 3 heteroatoms. The van der Waals surface area contributed by atoms with E-state index in [2.05, 4.69) is 5.32 Å². The third-order valence-corrected chi connectivity index (χ3v) is 1.93. The molecule has 0 saturated carbocycles. The summed E-state index contributed by atoms with van der Waals surface area (Å²) in [7, 11) is 0. The number of fused-ring (bicyclic) bond motifs is 1. The maximum atomic E-state index is 10.9. The topological polar surface area (TPSA) is 53.0 Å². The van der Waals surface area contributed by atoms with Crippen molar-refractivity contribution in [1.82, 2.24) is 5.32 Å². The Morgan fingerprint density at radius 3 is 3.08 bits per heavy atom. The lowest BCUT2D eigenvalue weighted by atomic mass is 9.92. The van der Waals surface area contributed by atoms with E-state index in [1.54, 1.807) is 18.2 Å². The molecule has 1 atom stereocenters. The van der Waals surface area contributed by atoms with Crippen LogP contribution in [-0.4, -0.2) is 11.6 Å². The van der Waals surface area contributed by atoms with Gasteiger partial charge in [0.05, 0.1) is 5.92 Å². The third kappa shape index (κ3) is 0.993. The smallest absolute Gasteiger partial charge is 0.247 e. The fourth-order valence-electron chi connectivity index (χ4n) is 1.32. The minimum Gasteiger partial charge on any atom is -0.325 e. The van der Waals surface area contributed by atoms with Gasteiger partial charge in [-0.3, -0.25) is 4.79 Å². The highest BCUT2D eigenvalue weighted by atomic mass is 16.1. The minimum absolute atomic E-state index is 0.0484. The van der Waals surface area contributed by atoms with Crippen molar-refractivity contribution >= 4 is 11.6 Å². The quantitative estimate of drug-likeness (QED) is 0.540. The SMILES string of the molecule is N=C1C=CC=C2NC(=O)C=CC12. The summed E-state index contributed by atoms with van der Waals surface area (Å²) < 4.78 is 0. The first-order valence-corrected chi connectivity index (χ1v) is 3.73. The number of rotatable bonds is 0. The molecule has 1 heterocycles. The Labute approximate surface area is 70.0 Å². The second-order valence-corrected chi connectivity index (χ2v) is 2.76. The van der Waals surface area contributed by atoms with E-state index in [1.165, 1.54) is 6.08 Å². The van der Waals surface area contributed by atoms with Crippen molar-refractivity contribution in [2.24, 2.45) is 5.92 Å². The average Bonchev–Trinajstić information content (AvgIpc) is 2.04. The Hall–Kier alpha value is -1.64. The molecule has 1 aliphatic carbocycles. The number of amides is 1. The van der Waals surface area contributed by atoms with Crippen LogP contribution >= 0.6 is 0 Å². The van der Waals surface area contributed by atoms with Gasteiger partial charge in [-0.25, -0.2) is 0 Å². The van der Waals surface area contributed by atoms with Gasteiger partial charge in [-0.1, -0.05) is 12.2 Å². The summed E-state index contributed by atoms with van der Waals surface area (Å²) in [4.78, 5) is 10.9. The fourth-order valence-corrected chi connectivity index (χ4v) is 1.32. The van der Waals surface area contributed by atoms with Crippen molar-refractivity contribution in [3.8, 4) is 0 Å². The Bertz CT molecular complexity index is 336. The van der Waals surface area contributed by atoms with Gasteiger partial charge in [0, 0.05) is 17.5 Å². The lowest BCUT2D eigenvalue weighted by Gasteiger charge is -2.22. The minimum atomic E-state index is -0.111. The Morgan fingerprint density at radius 1 is 1.42 bits per heavy atom. The molecule has 1 unspecified atom stereocenters. The van der Waals surface area contributed by atoms with Crippen LogP contribution in [0.5, 0.6) is 0 Å². The van der Waals surface area contributed by atoms with Crippen molar-refractivity contribution in [3.63, 3.8) is 0 Å². The summed E-state index contributed by atoms with van der Waals surface area (Å²) in [5, 5.41) is 10.2. The van der Waals surface area contributed by atoms with Gasteiger partial charge in [0.1, 0.15) is 0 Å². The van der Waals surface area contributed by atoms with Gasteiger partial charge in [-0.05, 0) is 12.2 Å². The van der Waals surface area contributed by atoms with Gasteiger partial charge in [0.15, 0.2) is 0 Å². The van der Waals surface area contributed by atoms with Crippen LogP contribution in [0, 0.1) is 11.3 Å². The van der Waals surface area contributed by atoms with Gasteiger partial charge in [-0.2, -0.15) is 0 Å². The molecule has 12 heavy (non-hydrogen) atoms. The fraction of sp³-hybridized carbons (Fsp3) is 0.111. The number of hydrogen-bond acceptors (Lipinski definition) is 2. The lowest BCUT2D eigenvalue weighted by Crippen LogP contribution is -2.33. The zero-order chi connectivity index (χ0) is 8.55. The van der Waals surface area contributed by atoms with Crippen LogP contribution in [0.2, 0.25) is 0 Å². The zero-order valence-corrected chi connectivity index (χ0v) is 6.37. The van der Waals surface area contributed by atoms with Crippen LogP contribution in [0.3, 0.4) is 0 Å². The van der Waals surface area contributed by atoms with Crippen LogP contribution < -0.4 is 5.32 Å². The first-order chi connectivity index (χ1) is 5.77. The molecule has 3 nitrogen and oxygen atoms in total. The molecule has 2 N–H and O–H groups in total. The van der Waals surface area contributed by atoms with Crippen LogP contribution in [0.15, 0.2) is 36.1 Å². The Balaban J connectivity index is 2.40. The summed E-state index contributed by atoms with van der Waals surface area (Å²) in [6.45, 7) is 0. The highest BCUT2D eigenvalue weighted by Gasteiger charge is 2.21. The molecule has 1 amide bonds. The molecule has 0 aromatic rings. The van der Waals surface area contributed by atoms with E-state index in [0.29, 0.717) is 5.71 Å². The van der Waals surface area contributed by atoms with Gasteiger partial charge < -0.3 is 10.7 Å². The number of carbonyl (C=O) groups excluding carboxylic acids is 1. The van der Waals surface area contributed by atoms with E-state index in [0.717, 1.165) is 5.70 Å². The van der Waals surface area contributed by atoms with E-state index >= 15 is 0 Å². The molecule has 0 bridgehead atoms. The normalized spacial score (nSPS) is 26.3. The van der Waals surface area contributed by atoms with Crippen molar-refractivity contribution in [2.45, 2.75) is 0 Å². The molecule has 2 rings (SSSR count). The zero-order valence-electron chi connectivity index (χ0n) is 6.37. The summed E-state index contributed by atoms with van der Waals surface area (Å²) >= 11 is 0. The Kier molecular flexibility index (Phi) is 1.43. The molecule has 0 aromatic heterocycles. The second-order valence-electron chi connectivity index (χ2n) is 2.76. The maximum Gasteiger partial charge on any atom is 0.247 e. The predicted octanol–water partition coefficient (Wildman–Crippen LogP) is 0.762. The highest BCUT2D eigenvalue weighted by molar-refractivity contribution is 6.02. The monoisotopic (exact) mass is 160 g/mol. The van der Waals surface area contributed by atoms with Crippen LogP contribution in [0.1, 0.15) is 0 Å². The van der Waals surface area contributed by atoms with Gasteiger partial charge in [0.2, 0.25) is 5.91 Å². The number of nitrogens with one attached hydrogen (secondary N) is 2. The number of allylic oxidation sites excluding steroid dienone is 4. The van der Waals surface area contributed by atoms with Gasteiger partial charge in [-0.15, -0.1) is 0 Å². The summed E-state index contributed by atoms with van der Waals surface area (Å²) in [6.07, 6.45) is 8.54. The van der Waals surface area contributed by atoms with E-state index in [4.69, 9.17) is 5.41 Å². The second kappa shape index (κ2) is 2.44. The molecule has 1 aliphatic heterocycles. The number of carbonyl (C=O) groups is 1. The summed E-state index contributed by atoms with van der Waals surface area (Å²) in [6, 6.07) is 0. The summed E-state index contributed by atoms with van der Waals surface area (Å²) in [5.41, 5.74) is 1.32. The predicted molar refractivity (Wildman–Crippen MR) is 45.7 cm³/mol. The van der Waals surface area contributed by atoms with Crippen molar-refractivity contribution in [3.05, 3.63) is 36.1 Å². The summed E-state index contributed by atoms with van der Waals surface area (Å²) in [5.74, 6) is -0.159. The molecule has 0 spiro atoms. The van der Waals surface area contributed by atoms with E-state index < -0.39 is 0 Å². The standard InChI is InChI=1S/C9H8N2O/c10-7-2-1-3-8-6(7)4-5-9(12)11-8/h1-6,10H,(H,11,12). The molecular weight excluding hydrogens is 152 g/mol. The first-order valence-electron chi connectivity index (χ1n) is 3.73. The van der Waals surface area contributed by atoms with Crippen molar-refractivity contribution < 1.29 is 4.79 Å². The Morgan fingerprint density at radius 2 is 2.25 bits per heavy atom. The van der Waals surface area contributed by atoms with Crippen molar-refractivity contribution in [2.75, 3.05) is 0 Å². The molecular formula is C9H8N2O. The highest BCUT2D eigenvalue weighted by Crippen LogP contribution is 2.19. The van der Waals surface area contributed by atoms with Crippen LogP contribution in [-0.2, 0) is 4.79 Å². The molecule has 0 saturated heterocycles. The largest absolute Gasteiger partial charge is 0.325 e. The lowest BCUT2D eigenvalue weighted by molar-refractivity contribution is -0.116. The van der Waals surface area contributed by atoms with Crippen LogP contribution in [0.25, 0.3) is 0 Å². The maximum absolute atomic E-state index is 10.9. The number of hydrogen-bond donors (Lipinski definition) is 2. The van der Waals surface area contributed by atoms with Crippen molar-refractivity contribution in [1.29, 1.82) is 5.41 Å². The van der Waals surface area contributed by atoms with Gasteiger partial charge >= 0.3 is 0 Å². The first kappa shape index (κ1) is 7.03. The molecule has 0 fully saturated rings. The van der Waals surface area contributed by atoms with E-state index in [-0.39, 0.29) is 11.8 Å². The third-order valence-electron chi connectivity index (χ3n) is 1.93. The molecule has 0 aromatic carbocycles. The molecule has 0 radical (unpaired) electrons. The average molecular weight is 160 g/mol.